The Hall–Kier alpha value is -5.18. The molecule has 1 amide bonds. The molecule has 0 aliphatic heterocycles. The van der Waals surface area contributed by atoms with Gasteiger partial charge >= 0.3 is 0 Å². The first-order valence-corrected chi connectivity index (χ1v) is 11.8. The topological polar surface area (TPSA) is 98.4 Å². The summed E-state index contributed by atoms with van der Waals surface area (Å²) in [6, 6.07) is 23.0. The van der Waals surface area contributed by atoms with Crippen molar-refractivity contribution < 1.29 is 18.3 Å². The van der Waals surface area contributed by atoms with E-state index in [2.05, 4.69) is 15.7 Å². The summed E-state index contributed by atoms with van der Waals surface area (Å²) in [5.74, 6) is 0.705. The number of hydrogen-bond donors (Lipinski definition) is 2. The van der Waals surface area contributed by atoms with Crippen LogP contribution in [0.15, 0.2) is 107 Å². The molecule has 9 heteroatoms. The molecule has 3 aromatic carbocycles. The molecule has 0 saturated carbocycles. The number of aromatic nitrogens is 2. The minimum Gasteiger partial charge on any atom is -0.467 e. The van der Waals surface area contributed by atoms with E-state index in [9.17, 15) is 14.0 Å². The molecule has 0 bridgehead atoms. The summed E-state index contributed by atoms with van der Waals surface area (Å²) in [5, 5.41) is 10.1. The number of rotatable bonds is 8. The highest BCUT2D eigenvalue weighted by atomic mass is 19.1. The first kappa shape index (κ1) is 24.5. The highest BCUT2D eigenvalue weighted by Crippen LogP contribution is 2.29. The molecular formula is C29H23FN4O4. The number of halogens is 1. The van der Waals surface area contributed by atoms with Gasteiger partial charge in [0.2, 0.25) is 0 Å². The zero-order valence-corrected chi connectivity index (χ0v) is 20.4. The second-order valence-corrected chi connectivity index (χ2v) is 8.46. The fourth-order valence-electron chi connectivity index (χ4n) is 3.73. The summed E-state index contributed by atoms with van der Waals surface area (Å²) in [4.78, 5) is 26.0. The lowest BCUT2D eigenvalue weighted by Crippen LogP contribution is -2.24. The summed E-state index contributed by atoms with van der Waals surface area (Å²) >= 11 is 0. The van der Waals surface area contributed by atoms with Crippen molar-refractivity contribution in [2.24, 2.45) is 0 Å². The first-order chi connectivity index (χ1) is 18.5. The number of carbonyl (C=O) groups is 1. The Morgan fingerprint density at radius 3 is 2.53 bits per heavy atom. The van der Waals surface area contributed by atoms with Crippen LogP contribution in [0.1, 0.15) is 21.7 Å². The van der Waals surface area contributed by atoms with Gasteiger partial charge in [0, 0.05) is 11.3 Å². The molecule has 2 heterocycles. The largest absolute Gasteiger partial charge is 0.467 e. The Morgan fingerprint density at radius 2 is 1.82 bits per heavy atom. The molecule has 8 nitrogen and oxygen atoms in total. The number of nitrogens with zero attached hydrogens (tertiary/aromatic N) is 2. The number of anilines is 2. The summed E-state index contributed by atoms with van der Waals surface area (Å²) < 4.78 is 25.8. The first-order valence-electron chi connectivity index (χ1n) is 11.8. The number of benzene rings is 3. The number of hydrogen-bond acceptors (Lipinski definition) is 6. The van der Waals surface area contributed by atoms with Crippen molar-refractivity contribution in [2.45, 2.75) is 13.5 Å². The van der Waals surface area contributed by atoms with Gasteiger partial charge in [-0.25, -0.2) is 4.39 Å². The SMILES string of the molecule is Cc1cccc(Oc2cnn(-c3ccc(F)cc3)c(=O)c2Nc2ccc(C(=O)NCc3ccco3)cc2)c1. The van der Waals surface area contributed by atoms with Gasteiger partial charge in [0.15, 0.2) is 11.4 Å². The van der Waals surface area contributed by atoms with Crippen LogP contribution in [0.5, 0.6) is 11.5 Å². The molecule has 190 valence electrons. The predicted octanol–water partition coefficient (Wildman–Crippen LogP) is 5.74. The van der Waals surface area contributed by atoms with Crippen LogP contribution in [0.25, 0.3) is 5.69 Å². The fourth-order valence-corrected chi connectivity index (χ4v) is 3.73. The van der Waals surface area contributed by atoms with E-state index in [1.54, 1.807) is 48.7 Å². The van der Waals surface area contributed by atoms with Crippen LogP contribution in [-0.4, -0.2) is 15.7 Å². The summed E-state index contributed by atoms with van der Waals surface area (Å²) in [7, 11) is 0. The Balaban J connectivity index is 1.43. The smallest absolute Gasteiger partial charge is 0.299 e. The van der Waals surface area contributed by atoms with Gasteiger partial charge in [-0.05, 0) is 85.3 Å². The van der Waals surface area contributed by atoms with E-state index in [4.69, 9.17) is 9.15 Å². The van der Waals surface area contributed by atoms with Crippen molar-refractivity contribution in [3.05, 3.63) is 130 Å². The van der Waals surface area contributed by atoms with Crippen LogP contribution >= 0.6 is 0 Å². The molecule has 0 aliphatic rings. The van der Waals surface area contributed by atoms with E-state index in [0.29, 0.717) is 28.4 Å². The van der Waals surface area contributed by atoms with E-state index in [-0.39, 0.29) is 23.9 Å². The third kappa shape index (κ3) is 5.62. The Morgan fingerprint density at radius 1 is 1.03 bits per heavy atom. The van der Waals surface area contributed by atoms with Gasteiger partial charge in [0.05, 0.1) is 24.7 Å². The Bertz CT molecular complexity index is 1610. The lowest BCUT2D eigenvalue weighted by molar-refractivity contribution is 0.0948. The normalized spacial score (nSPS) is 10.7. The van der Waals surface area contributed by atoms with Crippen LogP contribution in [0.2, 0.25) is 0 Å². The van der Waals surface area contributed by atoms with Gasteiger partial charge in [0.25, 0.3) is 11.5 Å². The maximum Gasteiger partial charge on any atom is 0.299 e. The van der Waals surface area contributed by atoms with Crippen molar-refractivity contribution in [3.63, 3.8) is 0 Å². The molecule has 5 aromatic rings. The predicted molar refractivity (Wildman–Crippen MR) is 141 cm³/mol. The minimum absolute atomic E-state index is 0.126. The molecule has 0 radical (unpaired) electrons. The number of furan rings is 1. The Kier molecular flexibility index (Phi) is 6.99. The van der Waals surface area contributed by atoms with Gasteiger partial charge in [-0.3, -0.25) is 9.59 Å². The van der Waals surface area contributed by atoms with E-state index >= 15 is 0 Å². The quantitative estimate of drug-likeness (QED) is 0.276. The number of nitrogens with one attached hydrogen (secondary N) is 2. The maximum absolute atomic E-state index is 13.5. The molecule has 0 saturated heterocycles. The van der Waals surface area contributed by atoms with Crippen molar-refractivity contribution >= 4 is 17.3 Å². The molecule has 5 rings (SSSR count). The van der Waals surface area contributed by atoms with E-state index in [1.807, 2.05) is 25.1 Å². The lowest BCUT2D eigenvalue weighted by Gasteiger charge is -2.15. The van der Waals surface area contributed by atoms with Crippen LogP contribution in [0.3, 0.4) is 0 Å². The lowest BCUT2D eigenvalue weighted by atomic mass is 10.2. The molecular weight excluding hydrogens is 487 g/mol. The van der Waals surface area contributed by atoms with Gasteiger partial charge in [-0.2, -0.15) is 9.78 Å². The molecule has 0 fully saturated rings. The van der Waals surface area contributed by atoms with Crippen LogP contribution in [0.4, 0.5) is 15.8 Å². The number of carbonyl (C=O) groups excluding carboxylic acids is 1. The summed E-state index contributed by atoms with van der Waals surface area (Å²) in [6.45, 7) is 2.20. The van der Waals surface area contributed by atoms with Crippen molar-refractivity contribution in [1.29, 1.82) is 0 Å². The van der Waals surface area contributed by atoms with Crippen LogP contribution in [-0.2, 0) is 6.54 Å². The highest BCUT2D eigenvalue weighted by molar-refractivity contribution is 5.94. The third-order valence-electron chi connectivity index (χ3n) is 5.65. The van der Waals surface area contributed by atoms with Crippen molar-refractivity contribution in [1.82, 2.24) is 15.1 Å². The number of aryl methyl sites for hydroxylation is 1. The van der Waals surface area contributed by atoms with Gasteiger partial charge in [0.1, 0.15) is 17.3 Å². The van der Waals surface area contributed by atoms with Crippen molar-refractivity contribution in [2.75, 3.05) is 5.32 Å². The fraction of sp³-hybridized carbons (Fsp3) is 0.0690. The number of ether oxygens (including phenoxy) is 1. The highest BCUT2D eigenvalue weighted by Gasteiger charge is 2.16. The molecule has 2 aromatic heterocycles. The van der Waals surface area contributed by atoms with Gasteiger partial charge in [-0.1, -0.05) is 12.1 Å². The molecule has 0 spiro atoms. The maximum atomic E-state index is 13.5. The van der Waals surface area contributed by atoms with E-state index < -0.39 is 11.4 Å². The summed E-state index contributed by atoms with van der Waals surface area (Å²) in [5.41, 5.74) is 2.01. The Labute approximate surface area is 217 Å². The molecule has 38 heavy (non-hydrogen) atoms. The van der Waals surface area contributed by atoms with Crippen molar-refractivity contribution in [3.8, 4) is 17.2 Å². The van der Waals surface area contributed by atoms with Gasteiger partial charge < -0.3 is 19.8 Å². The minimum atomic E-state index is -0.498. The zero-order chi connectivity index (χ0) is 26.5. The average Bonchev–Trinajstić information content (AvgIpc) is 3.44. The zero-order valence-electron chi connectivity index (χ0n) is 20.4. The monoisotopic (exact) mass is 510 g/mol. The molecule has 0 unspecified atom stereocenters. The van der Waals surface area contributed by atoms with E-state index in [1.165, 1.54) is 30.5 Å². The summed E-state index contributed by atoms with van der Waals surface area (Å²) in [6.07, 6.45) is 2.97. The van der Waals surface area contributed by atoms with Crippen LogP contribution in [0, 0.1) is 12.7 Å². The number of amides is 1. The average molecular weight is 511 g/mol. The molecule has 0 aliphatic carbocycles. The molecule has 2 N–H and O–H groups in total. The van der Waals surface area contributed by atoms with E-state index in [0.717, 1.165) is 10.2 Å². The van der Waals surface area contributed by atoms with Gasteiger partial charge in [-0.15, -0.1) is 0 Å². The second kappa shape index (κ2) is 10.8. The third-order valence-corrected chi connectivity index (χ3v) is 5.65. The van der Waals surface area contributed by atoms with Crippen LogP contribution < -0.4 is 20.9 Å². The standard InChI is InChI=1S/C29H23FN4O4/c1-19-4-2-5-24(16-19)38-26-18-32-34(23-13-9-21(30)10-14-23)29(36)27(26)33-22-11-7-20(8-12-22)28(35)31-17-25-6-3-15-37-25/h2-16,18,33H,17H2,1H3,(H,31,35). The second-order valence-electron chi connectivity index (χ2n) is 8.46. The molecule has 0 atom stereocenters.